The number of carbonyl (C=O) groups is 9. The van der Waals surface area contributed by atoms with Crippen LogP contribution in [0, 0.1) is 5.92 Å². The van der Waals surface area contributed by atoms with Crippen LogP contribution in [0.4, 0.5) is 0 Å². The van der Waals surface area contributed by atoms with Crippen molar-refractivity contribution in [1.29, 1.82) is 0 Å². The molecule has 0 aliphatic carbocycles. The minimum Gasteiger partial charge on any atom is -0.481 e. The Bertz CT molecular complexity index is 946. The maximum atomic E-state index is 12.9. The van der Waals surface area contributed by atoms with Crippen LogP contribution in [-0.4, -0.2) is 103 Å². The Morgan fingerprint density at radius 2 is 1.31 bits per heavy atom. The summed E-state index contributed by atoms with van der Waals surface area (Å²) in [5, 5.41) is 38.1. The van der Waals surface area contributed by atoms with Gasteiger partial charge in [-0.2, -0.15) is 0 Å². The van der Waals surface area contributed by atoms with Crippen molar-refractivity contribution in [3.05, 3.63) is 0 Å². The lowest BCUT2D eigenvalue weighted by atomic mass is 9.98. The number of carboxylic acids is 4. The minimum atomic E-state index is -1.61. The Labute approximate surface area is 222 Å². The number of carboxylic acid groups (broad SMARTS) is 4. The van der Waals surface area contributed by atoms with Crippen LogP contribution in [-0.2, 0) is 43.2 Å². The number of aliphatic carboxylic acids is 4. The number of aldehydes is 1. The molecule has 0 rings (SSSR count). The first-order valence-electron chi connectivity index (χ1n) is 11.3. The van der Waals surface area contributed by atoms with Gasteiger partial charge in [-0.15, -0.1) is 0 Å². The third-order valence-corrected chi connectivity index (χ3v) is 4.72. The quantitative estimate of drug-likeness (QED) is 0.104. The number of hydrogen-bond donors (Lipinski definition) is 7. The number of nitrogens with two attached hydrogens (primary N) is 1. The van der Waals surface area contributed by atoms with Gasteiger partial charge >= 0.3 is 17.9 Å². The molecule has 0 aromatic carbocycles. The van der Waals surface area contributed by atoms with Gasteiger partial charge in [-0.1, -0.05) is 13.8 Å². The molecule has 0 radical (unpaired) electrons. The van der Waals surface area contributed by atoms with Gasteiger partial charge < -0.3 is 41.2 Å². The lowest BCUT2D eigenvalue weighted by molar-refractivity contribution is -0.150. The standard InChI is InChI=1S/C20H30N4O11.C2H4O2/c1-9(2)17(24(10(3)26)11(8-25)6-15(29)30)20(35)23-19(34)13(4-5-14(27)28)22-18(33)12(21)7-16(31)32;1-2(3)4/h8-9,11-13,17H,4-7,21H2,1-3H3,(H,22,33)(H,27,28)(H,29,30)(H,31,32)(H,23,34,35);1H3,(H,3,4). The molecular weight excluding hydrogens is 528 g/mol. The monoisotopic (exact) mass is 562 g/mol. The summed E-state index contributed by atoms with van der Waals surface area (Å²) in [6, 6.07) is -6.17. The third-order valence-electron chi connectivity index (χ3n) is 4.72. The van der Waals surface area contributed by atoms with Crippen LogP contribution in [0.2, 0.25) is 0 Å². The van der Waals surface area contributed by atoms with Crippen LogP contribution in [0.5, 0.6) is 0 Å². The van der Waals surface area contributed by atoms with Crippen molar-refractivity contribution >= 4 is 53.8 Å². The van der Waals surface area contributed by atoms with Gasteiger partial charge in [-0.3, -0.25) is 43.7 Å². The summed E-state index contributed by atoms with van der Waals surface area (Å²) in [4.78, 5) is 104. The van der Waals surface area contributed by atoms with E-state index in [-0.39, 0.29) is 6.29 Å². The van der Waals surface area contributed by atoms with Gasteiger partial charge in [0, 0.05) is 20.3 Å². The zero-order chi connectivity index (χ0) is 31.0. The lowest BCUT2D eigenvalue weighted by Crippen LogP contribution is -2.59. The van der Waals surface area contributed by atoms with Gasteiger partial charge in [0.15, 0.2) is 0 Å². The van der Waals surface area contributed by atoms with E-state index in [9.17, 15) is 38.4 Å². The van der Waals surface area contributed by atoms with Crippen LogP contribution in [0.3, 0.4) is 0 Å². The molecule has 17 nitrogen and oxygen atoms in total. The highest BCUT2D eigenvalue weighted by atomic mass is 16.4. The summed E-state index contributed by atoms with van der Waals surface area (Å²) in [5.41, 5.74) is 5.44. The number of rotatable bonds is 15. The molecule has 4 amide bonds. The van der Waals surface area contributed by atoms with Crippen LogP contribution in [0.1, 0.15) is 53.4 Å². The van der Waals surface area contributed by atoms with Crippen molar-refractivity contribution < 1.29 is 63.6 Å². The maximum Gasteiger partial charge on any atom is 0.305 e. The van der Waals surface area contributed by atoms with E-state index in [1.54, 1.807) is 0 Å². The van der Waals surface area contributed by atoms with Gasteiger partial charge in [-0.25, -0.2) is 0 Å². The minimum absolute atomic E-state index is 0.180. The molecule has 0 saturated carbocycles. The summed E-state index contributed by atoms with van der Waals surface area (Å²) in [7, 11) is 0. The van der Waals surface area contributed by atoms with Crippen LogP contribution < -0.4 is 16.4 Å². The second kappa shape index (κ2) is 17.9. The smallest absolute Gasteiger partial charge is 0.305 e. The summed E-state index contributed by atoms with van der Waals surface area (Å²) < 4.78 is 0. The van der Waals surface area contributed by atoms with Gasteiger partial charge in [-0.05, 0) is 12.3 Å². The van der Waals surface area contributed by atoms with E-state index in [1.165, 1.54) is 13.8 Å². The SMILES string of the molecule is CC(=O)N(C(C=O)CC(=O)O)C(C(=O)NC(=O)C(CCC(=O)O)NC(=O)C(N)CC(=O)O)C(C)C.CC(=O)O. The van der Waals surface area contributed by atoms with E-state index in [2.05, 4.69) is 5.32 Å². The second-order valence-electron chi connectivity index (χ2n) is 8.49. The van der Waals surface area contributed by atoms with E-state index < -0.39 is 103 Å². The molecule has 4 atom stereocenters. The molecule has 0 aromatic rings. The molecule has 0 spiro atoms. The Morgan fingerprint density at radius 3 is 1.67 bits per heavy atom. The lowest BCUT2D eigenvalue weighted by Gasteiger charge is -2.36. The summed E-state index contributed by atoms with van der Waals surface area (Å²) in [5.74, 6) is -9.88. The highest BCUT2D eigenvalue weighted by Crippen LogP contribution is 2.17. The Morgan fingerprint density at radius 1 is 0.821 bits per heavy atom. The highest BCUT2D eigenvalue weighted by Gasteiger charge is 2.38. The van der Waals surface area contributed by atoms with Crippen molar-refractivity contribution in [2.24, 2.45) is 11.7 Å². The van der Waals surface area contributed by atoms with E-state index in [4.69, 9.17) is 31.0 Å². The first-order valence-corrected chi connectivity index (χ1v) is 11.3. The van der Waals surface area contributed by atoms with Crippen LogP contribution in [0.25, 0.3) is 0 Å². The summed E-state index contributed by atoms with van der Waals surface area (Å²) >= 11 is 0. The fraction of sp³-hybridized carbons (Fsp3) is 0.591. The molecule has 8 N–H and O–H groups in total. The van der Waals surface area contributed by atoms with Crippen LogP contribution in [0.15, 0.2) is 0 Å². The predicted molar refractivity (Wildman–Crippen MR) is 129 cm³/mol. The molecule has 0 saturated heterocycles. The summed E-state index contributed by atoms with van der Waals surface area (Å²) in [6.45, 7) is 5.03. The molecule has 0 aliphatic heterocycles. The number of carbonyl (C=O) groups excluding carboxylic acids is 5. The second-order valence-corrected chi connectivity index (χ2v) is 8.49. The average molecular weight is 563 g/mol. The largest absolute Gasteiger partial charge is 0.481 e. The first kappa shape index (κ1) is 36.7. The van der Waals surface area contributed by atoms with Crippen molar-refractivity contribution in [3.8, 4) is 0 Å². The Balaban J connectivity index is 0. The third kappa shape index (κ3) is 15.4. The van der Waals surface area contributed by atoms with E-state index >= 15 is 0 Å². The van der Waals surface area contributed by atoms with Crippen molar-refractivity contribution in [3.63, 3.8) is 0 Å². The van der Waals surface area contributed by atoms with Crippen LogP contribution >= 0.6 is 0 Å². The van der Waals surface area contributed by atoms with Gasteiger partial charge in [0.1, 0.15) is 18.4 Å². The highest BCUT2D eigenvalue weighted by molar-refractivity contribution is 6.03. The molecule has 220 valence electrons. The zero-order valence-electron chi connectivity index (χ0n) is 21.8. The van der Waals surface area contributed by atoms with E-state index in [0.717, 1.165) is 18.7 Å². The molecular formula is C22H34N4O13. The number of nitrogens with one attached hydrogen (secondary N) is 2. The summed E-state index contributed by atoms with van der Waals surface area (Å²) in [6.07, 6.45) is -2.50. The topological polar surface area (TPSA) is 288 Å². The Hall–Kier alpha value is -4.41. The number of imide groups is 1. The number of amides is 4. The normalized spacial score (nSPS) is 13.3. The average Bonchev–Trinajstić information content (AvgIpc) is 2.76. The van der Waals surface area contributed by atoms with Crippen molar-refractivity contribution in [2.75, 3.05) is 0 Å². The fourth-order valence-corrected chi connectivity index (χ4v) is 3.16. The molecule has 0 bridgehead atoms. The molecule has 39 heavy (non-hydrogen) atoms. The van der Waals surface area contributed by atoms with E-state index in [0.29, 0.717) is 0 Å². The molecule has 4 unspecified atom stereocenters. The predicted octanol–water partition coefficient (Wildman–Crippen LogP) is -2.21. The van der Waals surface area contributed by atoms with Crippen molar-refractivity contribution in [2.45, 2.75) is 77.5 Å². The van der Waals surface area contributed by atoms with Gasteiger partial charge in [0.2, 0.25) is 23.6 Å². The molecule has 0 aromatic heterocycles. The number of hydrogen-bond acceptors (Lipinski definition) is 10. The van der Waals surface area contributed by atoms with Gasteiger partial charge in [0.05, 0.1) is 24.9 Å². The molecule has 0 aliphatic rings. The first-order chi connectivity index (χ1) is 17.8. The van der Waals surface area contributed by atoms with Gasteiger partial charge in [0.25, 0.3) is 5.97 Å². The fourth-order valence-electron chi connectivity index (χ4n) is 3.16. The molecule has 0 fully saturated rings. The molecule has 17 heteroatoms. The van der Waals surface area contributed by atoms with E-state index in [1.807, 2.05) is 5.32 Å². The maximum absolute atomic E-state index is 12.9. The number of nitrogens with zero attached hydrogens (tertiary/aromatic N) is 1. The molecule has 0 heterocycles. The van der Waals surface area contributed by atoms with Crippen molar-refractivity contribution in [1.82, 2.24) is 15.5 Å². The Kier molecular flexibility index (Phi) is 16.9. The zero-order valence-corrected chi connectivity index (χ0v) is 21.8.